The van der Waals surface area contributed by atoms with Gasteiger partial charge in [0.15, 0.2) is 0 Å². The van der Waals surface area contributed by atoms with Gasteiger partial charge in [0.1, 0.15) is 6.21 Å². The number of hydrogen-bond acceptors (Lipinski definition) is 6. The highest BCUT2D eigenvalue weighted by molar-refractivity contribution is 7.99. The van der Waals surface area contributed by atoms with Crippen LogP contribution in [0.3, 0.4) is 0 Å². The molecule has 0 fully saturated rings. The van der Waals surface area contributed by atoms with Crippen LogP contribution in [0.15, 0.2) is 87.8 Å². The summed E-state index contributed by atoms with van der Waals surface area (Å²) in [5, 5.41) is 2.97. The second kappa shape index (κ2) is 9.88. The molecule has 0 radical (unpaired) electrons. The molecule has 0 spiro atoms. The minimum Gasteiger partial charge on any atom is -0.320 e. The van der Waals surface area contributed by atoms with Crippen LogP contribution in [0.4, 0.5) is 18.9 Å². The Morgan fingerprint density at radius 1 is 1.12 bits per heavy atom. The molecule has 0 saturated carbocycles. The Bertz CT molecular complexity index is 1200. The van der Waals surface area contributed by atoms with Gasteiger partial charge < -0.3 is 5.43 Å². The third-order valence-corrected chi connectivity index (χ3v) is 5.67. The summed E-state index contributed by atoms with van der Waals surface area (Å²) in [4.78, 5) is 18.0. The maximum Gasteiger partial charge on any atom is 0.428 e. The number of rotatable bonds is 6. The fourth-order valence-electron chi connectivity index (χ4n) is 3.13. The van der Waals surface area contributed by atoms with E-state index in [1.165, 1.54) is 17.8 Å². The Balaban J connectivity index is 1.47. The maximum absolute atomic E-state index is 12.3. The molecule has 0 saturated heterocycles. The Morgan fingerprint density at radius 3 is 2.73 bits per heavy atom. The lowest BCUT2D eigenvalue weighted by Crippen LogP contribution is -2.21. The molecule has 4 rings (SSSR count). The zero-order chi connectivity index (χ0) is 23.3. The predicted octanol–water partition coefficient (Wildman–Crippen LogP) is 5.20. The number of carbonyl (C=O) groups excluding carboxylic acids is 1. The number of nitrogens with one attached hydrogen (secondary N) is 3. The number of carbonyl (C=O) groups is 1. The molecule has 1 atom stereocenters. The highest BCUT2D eigenvalue weighted by atomic mass is 32.2. The van der Waals surface area contributed by atoms with Crippen LogP contribution in [0.25, 0.3) is 6.08 Å². The Morgan fingerprint density at radius 2 is 1.94 bits per heavy atom. The number of fused-ring (bicyclic) bond motifs is 1. The number of halogens is 3. The van der Waals surface area contributed by atoms with Gasteiger partial charge in [-0.2, -0.15) is 18.3 Å². The first-order chi connectivity index (χ1) is 15.9. The average molecular weight is 469 g/mol. The number of hydrazone groups is 1. The predicted molar refractivity (Wildman–Crippen MR) is 122 cm³/mol. The monoisotopic (exact) mass is 469 g/mol. The van der Waals surface area contributed by atoms with Crippen LogP contribution < -0.4 is 16.3 Å². The van der Waals surface area contributed by atoms with Gasteiger partial charge in [0.2, 0.25) is 0 Å². The summed E-state index contributed by atoms with van der Waals surface area (Å²) in [5.41, 5.74) is 11.3. The number of anilines is 1. The number of amides is 1. The van der Waals surface area contributed by atoms with Gasteiger partial charge in [0.05, 0.1) is 23.0 Å². The van der Waals surface area contributed by atoms with Crippen molar-refractivity contribution in [1.82, 2.24) is 15.8 Å². The number of benzene rings is 2. The maximum atomic E-state index is 12.3. The summed E-state index contributed by atoms with van der Waals surface area (Å²) in [5.74, 6) is -0.723. The summed E-state index contributed by atoms with van der Waals surface area (Å²) in [6.45, 7) is 0. The van der Waals surface area contributed by atoms with Gasteiger partial charge in [-0.05, 0) is 48.0 Å². The summed E-state index contributed by atoms with van der Waals surface area (Å²) in [6, 6.07) is 18.2. The number of alkyl halides is 3. The average Bonchev–Trinajstić information content (AvgIpc) is 3.20. The van der Waals surface area contributed by atoms with Gasteiger partial charge >= 0.3 is 6.18 Å². The number of hydrogen-bond donors (Lipinski definition) is 3. The molecule has 1 aromatic heterocycles. The molecule has 33 heavy (non-hydrogen) atoms. The van der Waals surface area contributed by atoms with Crippen molar-refractivity contribution in [3.05, 3.63) is 89.8 Å². The van der Waals surface area contributed by atoms with E-state index in [9.17, 15) is 18.0 Å². The second-order valence-electron chi connectivity index (χ2n) is 6.95. The molecule has 1 aliphatic heterocycles. The Labute approximate surface area is 192 Å². The topological polar surface area (TPSA) is 78.4 Å². The highest BCUT2D eigenvalue weighted by Crippen LogP contribution is 2.37. The fraction of sp³-hybridized carbons (Fsp3) is 0.0870. The van der Waals surface area contributed by atoms with Gasteiger partial charge in [0, 0.05) is 16.0 Å². The van der Waals surface area contributed by atoms with E-state index in [4.69, 9.17) is 0 Å². The number of pyridine rings is 1. The SMILES string of the molecule is O=C(N/N=C/C(F)(F)F)c1ccccc1Sc1ccc2c(c1)NNC2/C=C/c1ccccn1. The summed E-state index contributed by atoms with van der Waals surface area (Å²) >= 11 is 1.33. The van der Waals surface area contributed by atoms with Gasteiger partial charge in [-0.3, -0.25) is 9.78 Å². The lowest BCUT2D eigenvalue weighted by atomic mass is 10.1. The molecule has 10 heteroatoms. The zero-order valence-corrected chi connectivity index (χ0v) is 17.8. The minimum absolute atomic E-state index is 0.0365. The molecule has 3 aromatic rings. The molecule has 1 amide bonds. The van der Waals surface area contributed by atoms with Crippen LogP contribution >= 0.6 is 11.8 Å². The van der Waals surface area contributed by atoms with Crippen molar-refractivity contribution < 1.29 is 18.0 Å². The van der Waals surface area contributed by atoms with E-state index in [0.717, 1.165) is 21.8 Å². The van der Waals surface area contributed by atoms with E-state index in [-0.39, 0.29) is 17.8 Å². The smallest absolute Gasteiger partial charge is 0.320 e. The largest absolute Gasteiger partial charge is 0.428 e. The second-order valence-corrected chi connectivity index (χ2v) is 8.06. The van der Waals surface area contributed by atoms with Crippen molar-refractivity contribution in [2.75, 3.05) is 5.43 Å². The molecule has 0 bridgehead atoms. The van der Waals surface area contributed by atoms with E-state index in [0.29, 0.717) is 4.90 Å². The number of hydrazine groups is 1. The van der Waals surface area contributed by atoms with Gasteiger partial charge in [-0.1, -0.05) is 42.1 Å². The molecular weight excluding hydrogens is 451 g/mol. The van der Waals surface area contributed by atoms with Crippen molar-refractivity contribution in [3.8, 4) is 0 Å². The Hall–Kier alpha value is -3.63. The van der Waals surface area contributed by atoms with Gasteiger partial charge in [0.25, 0.3) is 5.91 Å². The normalized spacial score (nSPS) is 15.5. The Kier molecular flexibility index (Phi) is 6.76. The van der Waals surface area contributed by atoms with E-state index >= 15 is 0 Å². The highest BCUT2D eigenvalue weighted by Gasteiger charge is 2.24. The zero-order valence-electron chi connectivity index (χ0n) is 17.0. The third kappa shape index (κ3) is 5.99. The van der Waals surface area contributed by atoms with Crippen LogP contribution in [0.2, 0.25) is 0 Å². The number of aromatic nitrogens is 1. The molecular formula is C23H18F3N5OS. The molecule has 1 unspecified atom stereocenters. The molecule has 3 N–H and O–H groups in total. The molecule has 0 aliphatic carbocycles. The quantitative estimate of drug-likeness (QED) is 0.342. The lowest BCUT2D eigenvalue weighted by Gasteiger charge is -2.09. The van der Waals surface area contributed by atoms with Gasteiger partial charge in [-0.15, -0.1) is 0 Å². The van der Waals surface area contributed by atoms with Crippen LogP contribution in [-0.2, 0) is 0 Å². The lowest BCUT2D eigenvalue weighted by molar-refractivity contribution is -0.0538. The third-order valence-electron chi connectivity index (χ3n) is 4.61. The summed E-state index contributed by atoms with van der Waals surface area (Å²) < 4.78 is 36.7. The van der Waals surface area contributed by atoms with Crippen LogP contribution in [0.5, 0.6) is 0 Å². The molecule has 2 aromatic carbocycles. The standard InChI is InChI=1S/C23H18F3N5OS/c24-23(25,26)14-28-31-22(32)18-6-1-2-7-21(18)33-16-9-10-17-19(29-30-20(17)13-16)11-8-15-5-3-4-12-27-15/h1-14,19,29-30H,(H,31,32)/b11-8+,28-14+. The first-order valence-corrected chi connectivity index (χ1v) is 10.6. The van der Waals surface area contributed by atoms with Gasteiger partial charge in [-0.25, -0.2) is 10.9 Å². The van der Waals surface area contributed by atoms with E-state index in [2.05, 4.69) is 20.9 Å². The molecule has 2 heterocycles. The van der Waals surface area contributed by atoms with Crippen LogP contribution in [0.1, 0.15) is 27.7 Å². The van der Waals surface area contributed by atoms with Crippen molar-refractivity contribution in [2.24, 2.45) is 5.10 Å². The van der Waals surface area contributed by atoms with E-state index < -0.39 is 12.1 Å². The molecule has 1 aliphatic rings. The van der Waals surface area contributed by atoms with Crippen molar-refractivity contribution in [2.45, 2.75) is 22.0 Å². The van der Waals surface area contributed by atoms with E-state index in [1.807, 2.05) is 54.0 Å². The fourth-order valence-corrected chi connectivity index (χ4v) is 4.11. The minimum atomic E-state index is -4.60. The summed E-state index contributed by atoms with van der Waals surface area (Å²) in [7, 11) is 0. The summed E-state index contributed by atoms with van der Waals surface area (Å²) in [6.07, 6.45) is 0.816. The van der Waals surface area contributed by atoms with Crippen molar-refractivity contribution >= 4 is 35.6 Å². The van der Waals surface area contributed by atoms with Crippen LogP contribution in [-0.4, -0.2) is 23.3 Å². The molecule has 6 nitrogen and oxygen atoms in total. The molecule has 168 valence electrons. The van der Waals surface area contributed by atoms with Crippen LogP contribution in [0, 0.1) is 0 Å². The number of nitrogens with zero attached hydrogens (tertiary/aromatic N) is 2. The van der Waals surface area contributed by atoms with Crippen molar-refractivity contribution in [3.63, 3.8) is 0 Å². The van der Waals surface area contributed by atoms with E-state index in [1.54, 1.807) is 24.4 Å². The first kappa shape index (κ1) is 22.6. The van der Waals surface area contributed by atoms with Crippen molar-refractivity contribution in [1.29, 1.82) is 0 Å². The first-order valence-electron chi connectivity index (χ1n) is 9.82.